The first-order valence-electron chi connectivity index (χ1n) is 18.0. The average molecular weight is 676 g/mol. The second-order valence-corrected chi connectivity index (χ2v) is 15.0. The summed E-state index contributed by atoms with van der Waals surface area (Å²) in [6.45, 7) is 21.5. The molecule has 0 aliphatic carbocycles. The van der Waals surface area contributed by atoms with Crippen LogP contribution >= 0.6 is 0 Å². The molecule has 0 atom stereocenters. The Hall–Kier alpha value is -5.19. The number of hydrogen-bond donors (Lipinski definition) is 1. The van der Waals surface area contributed by atoms with Gasteiger partial charge in [0.1, 0.15) is 11.3 Å². The molecule has 260 valence electrons. The van der Waals surface area contributed by atoms with Crippen LogP contribution in [0.3, 0.4) is 0 Å². The molecule has 1 saturated heterocycles. The van der Waals surface area contributed by atoms with Gasteiger partial charge < -0.3 is 5.32 Å². The van der Waals surface area contributed by atoms with Crippen molar-refractivity contribution in [2.45, 2.75) is 74.3 Å². The fourth-order valence-corrected chi connectivity index (χ4v) is 7.40. The Balaban J connectivity index is 0.00000144. The van der Waals surface area contributed by atoms with Crippen molar-refractivity contribution in [3.8, 4) is 17.2 Å². The molecule has 0 spiro atoms. The predicted octanol–water partition coefficient (Wildman–Crippen LogP) is 10.4. The van der Waals surface area contributed by atoms with Crippen LogP contribution in [0.2, 0.25) is 0 Å². The third-order valence-corrected chi connectivity index (χ3v) is 10.1. The summed E-state index contributed by atoms with van der Waals surface area (Å²) in [6, 6.07) is 23.6. The molecule has 2 aliphatic rings. The van der Waals surface area contributed by atoms with E-state index < -0.39 is 0 Å². The Labute approximate surface area is 303 Å². The van der Waals surface area contributed by atoms with Gasteiger partial charge >= 0.3 is 0 Å². The van der Waals surface area contributed by atoms with Crippen molar-refractivity contribution in [2.24, 2.45) is 16.3 Å². The second kappa shape index (κ2) is 15.0. The number of pyridine rings is 1. The molecule has 3 aromatic carbocycles. The topological polar surface area (TPSA) is 90.1 Å². The molecule has 0 amide bonds. The number of benzene rings is 3. The van der Waals surface area contributed by atoms with E-state index in [2.05, 4.69) is 114 Å². The Morgan fingerprint density at radius 2 is 1.71 bits per heavy atom. The van der Waals surface area contributed by atoms with E-state index in [-0.39, 0.29) is 0 Å². The third-order valence-electron chi connectivity index (χ3n) is 10.1. The van der Waals surface area contributed by atoms with Crippen LogP contribution in [0.1, 0.15) is 79.7 Å². The van der Waals surface area contributed by atoms with Crippen molar-refractivity contribution in [3.05, 3.63) is 119 Å². The number of nitrogens with zero attached hydrogens (tertiary/aromatic N) is 6. The van der Waals surface area contributed by atoms with Gasteiger partial charge in [-0.3, -0.25) is 14.9 Å². The van der Waals surface area contributed by atoms with Gasteiger partial charge in [-0.05, 0) is 129 Å². The first kappa shape index (κ1) is 35.6. The smallest absolute Gasteiger partial charge is 0.160 e. The summed E-state index contributed by atoms with van der Waals surface area (Å²) in [5, 5.41) is 13.6. The standard InChI is InChI=1S/C41H43N7.C3H6/c1-25-17-38-39(43-23-25)40(45-27(3)44-38)46-32-10-7-9-29(20-32)33-11-8-12-34(26(33)2)37-21-35-30(22-42)18-28(19-36(35)47-37)24-48-15-13-31(14-16-48)41(4,5)6;1-3-2/h7-12,17-20,23,31H,13-16,21,24H2,1-6H3,(H,44,45,46);3H,1H2,2H3. The van der Waals surface area contributed by atoms with Gasteiger partial charge in [0.15, 0.2) is 5.82 Å². The molecule has 0 radical (unpaired) electrons. The molecule has 7 heteroatoms. The molecular formula is C44H49N7. The average Bonchev–Trinajstić information content (AvgIpc) is 3.52. The van der Waals surface area contributed by atoms with E-state index >= 15 is 0 Å². The first-order valence-corrected chi connectivity index (χ1v) is 18.0. The van der Waals surface area contributed by atoms with E-state index in [0.717, 1.165) is 87.1 Å². The Morgan fingerprint density at radius 1 is 0.980 bits per heavy atom. The lowest BCUT2D eigenvalue weighted by Gasteiger charge is -2.38. The quantitative estimate of drug-likeness (QED) is 0.180. The molecule has 4 heterocycles. The number of hydrogen-bond acceptors (Lipinski definition) is 7. The molecule has 0 bridgehead atoms. The Bertz CT molecular complexity index is 2150. The molecule has 7 rings (SSSR count). The van der Waals surface area contributed by atoms with Crippen molar-refractivity contribution in [3.63, 3.8) is 0 Å². The van der Waals surface area contributed by atoms with Crippen molar-refractivity contribution < 1.29 is 0 Å². The summed E-state index contributed by atoms with van der Waals surface area (Å²) in [7, 11) is 0. The summed E-state index contributed by atoms with van der Waals surface area (Å²) < 4.78 is 0. The molecule has 1 N–H and O–H groups in total. The highest BCUT2D eigenvalue weighted by Crippen LogP contribution is 2.38. The number of rotatable bonds is 6. The maximum atomic E-state index is 10.1. The van der Waals surface area contributed by atoms with Gasteiger partial charge in [-0.25, -0.2) is 9.97 Å². The second-order valence-electron chi connectivity index (χ2n) is 15.0. The monoisotopic (exact) mass is 675 g/mol. The summed E-state index contributed by atoms with van der Waals surface area (Å²) in [5.74, 6) is 2.15. The van der Waals surface area contributed by atoms with Gasteiger partial charge in [0.05, 0.1) is 28.5 Å². The van der Waals surface area contributed by atoms with E-state index in [0.29, 0.717) is 23.5 Å². The summed E-state index contributed by atoms with van der Waals surface area (Å²) in [6.07, 6.45) is 6.71. The van der Waals surface area contributed by atoms with Crippen LogP contribution in [0.15, 0.2) is 84.5 Å². The van der Waals surface area contributed by atoms with Crippen LogP contribution in [-0.2, 0) is 13.0 Å². The van der Waals surface area contributed by atoms with Gasteiger partial charge in [0, 0.05) is 30.4 Å². The summed E-state index contributed by atoms with van der Waals surface area (Å²) in [4.78, 5) is 21.6. The van der Waals surface area contributed by atoms with Crippen molar-refractivity contribution in [2.75, 3.05) is 18.4 Å². The zero-order valence-corrected chi connectivity index (χ0v) is 31.1. The predicted molar refractivity (Wildman–Crippen MR) is 211 cm³/mol. The summed E-state index contributed by atoms with van der Waals surface area (Å²) in [5.41, 5.74) is 13.4. The highest BCUT2D eigenvalue weighted by Gasteiger charge is 2.29. The van der Waals surface area contributed by atoms with Gasteiger partial charge in [-0.1, -0.05) is 57.2 Å². The molecule has 5 aromatic rings. The van der Waals surface area contributed by atoms with Gasteiger partial charge in [0.2, 0.25) is 0 Å². The number of nitriles is 1. The summed E-state index contributed by atoms with van der Waals surface area (Å²) >= 11 is 0. The van der Waals surface area contributed by atoms with Crippen LogP contribution in [0.25, 0.3) is 22.2 Å². The van der Waals surface area contributed by atoms with E-state index in [1.165, 1.54) is 24.0 Å². The first-order chi connectivity index (χ1) is 24.5. The minimum absolute atomic E-state index is 0.358. The number of nitrogens with one attached hydrogen (secondary N) is 1. The number of anilines is 2. The zero-order chi connectivity index (χ0) is 36.3. The maximum Gasteiger partial charge on any atom is 0.160 e. The number of piperidine rings is 1. The molecule has 0 saturated carbocycles. The molecular weight excluding hydrogens is 627 g/mol. The molecule has 2 aliphatic heterocycles. The molecule has 1 fully saturated rings. The van der Waals surface area contributed by atoms with Gasteiger partial charge in [-0.15, -0.1) is 6.58 Å². The van der Waals surface area contributed by atoms with E-state index in [9.17, 15) is 5.26 Å². The van der Waals surface area contributed by atoms with E-state index in [1.54, 1.807) is 6.08 Å². The zero-order valence-electron chi connectivity index (χ0n) is 31.1. The van der Waals surface area contributed by atoms with Crippen molar-refractivity contribution >= 4 is 33.9 Å². The lowest BCUT2D eigenvalue weighted by molar-refractivity contribution is 0.108. The number of likely N-dealkylation sites (tertiary alicyclic amines) is 1. The van der Waals surface area contributed by atoms with Gasteiger partial charge in [0.25, 0.3) is 0 Å². The Morgan fingerprint density at radius 3 is 2.43 bits per heavy atom. The van der Waals surface area contributed by atoms with E-state index in [4.69, 9.17) is 4.99 Å². The lowest BCUT2D eigenvalue weighted by Crippen LogP contribution is -2.37. The number of fused-ring (bicyclic) bond motifs is 2. The highest BCUT2D eigenvalue weighted by atomic mass is 15.1. The molecule has 7 nitrogen and oxygen atoms in total. The largest absolute Gasteiger partial charge is 0.338 e. The number of aliphatic imine (C=N–C) groups is 1. The number of allylic oxidation sites excluding steroid dienone is 1. The van der Waals surface area contributed by atoms with Crippen LogP contribution in [0, 0.1) is 43.4 Å². The molecule has 0 unspecified atom stereocenters. The number of aryl methyl sites for hydroxylation is 2. The van der Waals surface area contributed by atoms with Gasteiger partial charge in [-0.2, -0.15) is 5.26 Å². The van der Waals surface area contributed by atoms with Crippen LogP contribution in [0.5, 0.6) is 0 Å². The normalized spacial score (nSPS) is 14.7. The molecule has 2 aromatic heterocycles. The van der Waals surface area contributed by atoms with Crippen LogP contribution in [0.4, 0.5) is 17.2 Å². The van der Waals surface area contributed by atoms with Crippen molar-refractivity contribution in [1.82, 2.24) is 19.9 Å². The van der Waals surface area contributed by atoms with Crippen LogP contribution < -0.4 is 5.32 Å². The SMILES string of the molecule is C=CC.Cc1cnc2c(Nc3cccc(-c4cccc(C5=Nc6cc(CN7CCC(C(C)(C)C)CC7)cc(C#N)c6C5)c4C)c3)nc(C)nc2c1. The maximum absolute atomic E-state index is 10.1. The Kier molecular flexibility index (Phi) is 10.5. The highest BCUT2D eigenvalue weighted by molar-refractivity contribution is 6.09. The third kappa shape index (κ3) is 7.92. The van der Waals surface area contributed by atoms with E-state index in [1.807, 2.05) is 39.1 Å². The lowest BCUT2D eigenvalue weighted by atomic mass is 9.75. The molecule has 51 heavy (non-hydrogen) atoms. The fraction of sp³-hybridized carbons (Fsp3) is 0.341. The minimum Gasteiger partial charge on any atom is -0.338 e. The fourth-order valence-electron chi connectivity index (χ4n) is 7.40. The van der Waals surface area contributed by atoms with Crippen molar-refractivity contribution in [1.29, 1.82) is 5.26 Å². The minimum atomic E-state index is 0.358. The number of aromatic nitrogens is 3. The van der Waals surface area contributed by atoms with Crippen LogP contribution in [-0.4, -0.2) is 38.7 Å².